The van der Waals surface area contributed by atoms with Crippen molar-refractivity contribution >= 4 is 69.4 Å². The van der Waals surface area contributed by atoms with Gasteiger partial charge in [-0.05, 0) is 159 Å². The van der Waals surface area contributed by atoms with Gasteiger partial charge in [0.25, 0.3) is 0 Å². The lowest BCUT2D eigenvalue weighted by Crippen LogP contribution is -2.48. The van der Waals surface area contributed by atoms with Gasteiger partial charge in [0, 0.05) is 31.0 Å². The minimum Gasteiger partial charge on any atom is -0.135 e. The predicted octanol–water partition coefficient (Wildman–Crippen LogP) is 16.6. The number of hydrogen-bond donors (Lipinski definition) is 0. The van der Waals surface area contributed by atoms with Crippen LogP contribution in [0, 0.1) is 11.8 Å². The van der Waals surface area contributed by atoms with E-state index in [1.54, 1.807) is 0 Å². The van der Waals surface area contributed by atoms with Crippen molar-refractivity contribution < 1.29 is 0 Å². The van der Waals surface area contributed by atoms with Crippen LogP contribution in [-0.2, 0) is 21.7 Å². The normalized spacial score (nSPS) is 20.4. The maximum atomic E-state index is 2.63. The van der Waals surface area contributed by atoms with E-state index in [-0.39, 0.29) is 21.7 Å². The van der Waals surface area contributed by atoms with Gasteiger partial charge in [-0.25, -0.2) is 0 Å². The number of hydrogen-bond acceptors (Lipinski definition) is 1. The minimum atomic E-state index is -0.112. The second-order valence-corrected chi connectivity index (χ2v) is 21.7. The molecular weight excluding hydrogens is 753 g/mol. The lowest BCUT2D eigenvalue weighted by atomic mass is 9.51. The predicted molar refractivity (Wildman–Crippen MR) is 265 cm³/mol. The van der Waals surface area contributed by atoms with Crippen LogP contribution in [0.4, 0.5) is 0 Å². The highest BCUT2D eigenvalue weighted by Gasteiger charge is 2.50. The first kappa shape index (κ1) is 37.0. The molecule has 0 N–H and O–H groups in total. The Morgan fingerprint density at radius 3 is 1.49 bits per heavy atom. The Bertz CT molecular complexity index is 3430. The van der Waals surface area contributed by atoms with Gasteiger partial charge in [0.15, 0.2) is 0 Å². The van der Waals surface area contributed by atoms with E-state index in [1.165, 1.54) is 108 Å². The van der Waals surface area contributed by atoms with E-state index in [2.05, 4.69) is 213 Å². The Morgan fingerprint density at radius 2 is 0.852 bits per heavy atom. The fourth-order valence-corrected chi connectivity index (χ4v) is 13.5. The van der Waals surface area contributed by atoms with Gasteiger partial charge in [0.2, 0.25) is 0 Å². The summed E-state index contributed by atoms with van der Waals surface area (Å²) in [6.07, 6.45) is 7.61. The zero-order valence-electron chi connectivity index (χ0n) is 36.6. The highest BCUT2D eigenvalue weighted by atomic mass is 32.1. The van der Waals surface area contributed by atoms with Gasteiger partial charge in [0.05, 0.1) is 0 Å². The maximum Gasteiger partial charge on any atom is 0.0355 e. The maximum absolute atomic E-state index is 2.63. The lowest BCUT2D eigenvalue weighted by molar-refractivity contribution is 0.191. The molecule has 0 spiro atoms. The molecule has 1 heteroatoms. The smallest absolute Gasteiger partial charge is 0.0355 e. The number of fused-ring (bicyclic) bond motifs is 13. The Labute approximate surface area is 364 Å². The fraction of sp³-hybridized carbons (Fsp3) is 0.233. The molecule has 0 aliphatic heterocycles. The van der Waals surface area contributed by atoms with Gasteiger partial charge in [-0.15, -0.1) is 11.3 Å². The largest absolute Gasteiger partial charge is 0.135 e. The summed E-state index contributed by atoms with van der Waals surface area (Å²) < 4.78 is 2.70. The monoisotopic (exact) mass is 804 g/mol. The number of benzene rings is 8. The average Bonchev–Trinajstić information content (AvgIpc) is 3.65. The summed E-state index contributed by atoms with van der Waals surface area (Å²) in [5.74, 6) is 0.704. The van der Waals surface area contributed by atoms with Gasteiger partial charge in [-0.3, -0.25) is 0 Å². The first-order valence-corrected chi connectivity index (χ1v) is 23.1. The molecule has 8 aromatic carbocycles. The molecule has 1 aromatic heterocycles. The molecule has 0 amide bonds. The van der Waals surface area contributed by atoms with Crippen molar-refractivity contribution in [3.8, 4) is 11.1 Å². The third-order valence-corrected chi connectivity index (χ3v) is 17.1. The van der Waals surface area contributed by atoms with E-state index in [9.17, 15) is 0 Å². The molecule has 1 heterocycles. The van der Waals surface area contributed by atoms with Crippen LogP contribution in [0.1, 0.15) is 94.3 Å². The summed E-state index contributed by atoms with van der Waals surface area (Å²) in [4.78, 5) is 0. The zero-order valence-corrected chi connectivity index (χ0v) is 37.4. The average molecular weight is 805 g/mol. The van der Waals surface area contributed by atoms with Gasteiger partial charge in [-0.1, -0.05) is 165 Å². The van der Waals surface area contributed by atoms with Crippen LogP contribution in [0.25, 0.3) is 69.2 Å². The lowest BCUT2D eigenvalue weighted by Gasteiger charge is -2.53. The quantitative estimate of drug-likeness (QED) is 0.153. The van der Waals surface area contributed by atoms with Crippen molar-refractivity contribution in [1.29, 1.82) is 0 Å². The summed E-state index contributed by atoms with van der Waals surface area (Å²) in [7, 11) is 0. The van der Waals surface area contributed by atoms with Crippen LogP contribution >= 0.6 is 11.3 Å². The Morgan fingerprint density at radius 1 is 0.361 bits per heavy atom. The summed E-state index contributed by atoms with van der Waals surface area (Å²) in [6, 6.07) is 53.8. The van der Waals surface area contributed by atoms with E-state index in [0.29, 0.717) is 11.8 Å². The van der Waals surface area contributed by atoms with Crippen LogP contribution in [-0.4, -0.2) is 0 Å². The van der Waals surface area contributed by atoms with E-state index in [1.807, 2.05) is 11.3 Å². The van der Waals surface area contributed by atoms with Crippen molar-refractivity contribution in [2.45, 2.75) is 77.0 Å². The second kappa shape index (κ2) is 12.4. The molecule has 9 aromatic rings. The highest BCUT2D eigenvalue weighted by Crippen LogP contribution is 2.58. The molecule has 0 nitrogen and oxygen atoms in total. The van der Waals surface area contributed by atoms with E-state index >= 15 is 0 Å². The van der Waals surface area contributed by atoms with Crippen molar-refractivity contribution in [2.75, 3.05) is 0 Å². The molecule has 3 aliphatic rings. The van der Waals surface area contributed by atoms with Crippen LogP contribution in [0.15, 0.2) is 158 Å². The van der Waals surface area contributed by atoms with Crippen molar-refractivity contribution in [3.05, 3.63) is 197 Å². The van der Waals surface area contributed by atoms with Crippen molar-refractivity contribution in [2.24, 2.45) is 11.8 Å². The molecule has 298 valence electrons. The van der Waals surface area contributed by atoms with E-state index in [4.69, 9.17) is 0 Å². The third-order valence-electron chi connectivity index (χ3n) is 15.9. The SMILES string of the molecule is CC1(C)c2ccccc2C(C)(C)c2cc3c(cc21)c1ccccc1c1cc2c(cc31)C(C)(C)C1C=CC(c3cccc(-c4ccc5sc6ccccc6c5c4)c3)=CC1C2(C)C. The summed E-state index contributed by atoms with van der Waals surface area (Å²) in [6.45, 7) is 19.7. The third kappa shape index (κ3) is 5.05. The minimum absolute atomic E-state index is 0.0742. The molecule has 0 radical (unpaired) electrons. The van der Waals surface area contributed by atoms with Gasteiger partial charge in [0.1, 0.15) is 0 Å². The highest BCUT2D eigenvalue weighted by molar-refractivity contribution is 7.25. The molecule has 0 saturated heterocycles. The van der Waals surface area contributed by atoms with E-state index < -0.39 is 0 Å². The Balaban J connectivity index is 1.01. The molecule has 3 aliphatic carbocycles. The van der Waals surface area contributed by atoms with Crippen LogP contribution in [0.2, 0.25) is 0 Å². The summed E-state index contributed by atoms with van der Waals surface area (Å²) >= 11 is 1.88. The Hall–Kier alpha value is -5.76. The standard InChI is InChI=1S/C60H52S/c1-57(2)47-21-12-13-22-48(47)58(3,4)52-33-44-42(31-51(52)57)39-18-9-10-19-40(39)43-32-54-53(34-45(43)44)59(5,6)49-26-24-38(30-50(49)60(54,7)8)36-17-15-16-35(28-36)37-25-27-56-46(29-37)41-20-11-14-23-55(41)61-56/h9-34,49-50H,1-8H3. The van der Waals surface area contributed by atoms with Gasteiger partial charge >= 0.3 is 0 Å². The Kier molecular flexibility index (Phi) is 7.54. The summed E-state index contributed by atoms with van der Waals surface area (Å²) in [5, 5.41) is 10.9. The summed E-state index contributed by atoms with van der Waals surface area (Å²) in [5.41, 5.74) is 13.5. The van der Waals surface area contributed by atoms with E-state index in [0.717, 1.165) is 0 Å². The van der Waals surface area contributed by atoms with Gasteiger partial charge < -0.3 is 0 Å². The molecule has 2 atom stereocenters. The fourth-order valence-electron chi connectivity index (χ4n) is 12.4. The first-order chi connectivity index (χ1) is 29.2. The molecule has 0 saturated carbocycles. The van der Waals surface area contributed by atoms with Crippen molar-refractivity contribution in [3.63, 3.8) is 0 Å². The van der Waals surface area contributed by atoms with Crippen LogP contribution < -0.4 is 0 Å². The zero-order chi connectivity index (χ0) is 41.8. The van der Waals surface area contributed by atoms with Crippen LogP contribution in [0.3, 0.4) is 0 Å². The number of rotatable bonds is 2. The number of thiophene rings is 1. The molecular formula is C60H52S. The molecule has 2 unspecified atom stereocenters. The van der Waals surface area contributed by atoms with Crippen molar-refractivity contribution in [1.82, 2.24) is 0 Å². The molecule has 0 fully saturated rings. The first-order valence-electron chi connectivity index (χ1n) is 22.2. The number of allylic oxidation sites excluding steroid dienone is 4. The second-order valence-electron chi connectivity index (χ2n) is 20.6. The molecule has 12 rings (SSSR count). The van der Waals surface area contributed by atoms with Crippen LogP contribution in [0.5, 0.6) is 0 Å². The van der Waals surface area contributed by atoms with Gasteiger partial charge in [-0.2, -0.15) is 0 Å². The molecule has 61 heavy (non-hydrogen) atoms. The topological polar surface area (TPSA) is 0 Å². The molecule has 0 bridgehead atoms.